The molecule has 0 radical (unpaired) electrons. The number of nitrogens with zero attached hydrogens (tertiary/aromatic N) is 2. The van der Waals surface area contributed by atoms with Gasteiger partial charge in [0.05, 0.1) is 27.5 Å². The highest BCUT2D eigenvalue weighted by Crippen LogP contribution is 2.24. The molecule has 0 atom stereocenters. The molecular weight excluding hydrogens is 373 g/mol. The van der Waals surface area contributed by atoms with Crippen molar-refractivity contribution < 1.29 is 9.63 Å². The quantitative estimate of drug-likeness (QED) is 0.611. The molecule has 2 aromatic rings. The Labute approximate surface area is 153 Å². The Bertz CT molecular complexity index is 832. The first kappa shape index (κ1) is 18.1. The first-order chi connectivity index (χ1) is 11.5. The van der Waals surface area contributed by atoms with Crippen LogP contribution in [0.5, 0.6) is 0 Å². The summed E-state index contributed by atoms with van der Waals surface area (Å²) < 4.78 is 0. The van der Waals surface area contributed by atoms with E-state index in [1.807, 2.05) is 6.07 Å². The van der Waals surface area contributed by atoms with Crippen molar-refractivity contribution >= 4 is 52.6 Å². The number of benzene rings is 2. The number of nitriles is 1. The molecule has 1 N–H and O–H groups in total. The lowest BCUT2D eigenvalue weighted by Gasteiger charge is -2.06. The normalized spacial score (nSPS) is 10.4. The average molecular weight is 383 g/mol. The summed E-state index contributed by atoms with van der Waals surface area (Å²) >= 11 is 17.7. The standard InChI is InChI=1S/C16H10Cl3N3O2/c17-12-5-4-10(7-20)14(6-12)22-15(23)9-24-21-8-11-2-1-3-13(18)16(11)19/h1-6,8H,9H2,(H,22,23). The first-order valence-corrected chi connectivity index (χ1v) is 7.73. The van der Waals surface area contributed by atoms with Crippen LogP contribution in [-0.4, -0.2) is 18.7 Å². The number of halogens is 3. The number of nitrogens with one attached hydrogen (secondary N) is 1. The van der Waals surface area contributed by atoms with E-state index in [4.69, 9.17) is 44.9 Å². The van der Waals surface area contributed by atoms with Gasteiger partial charge in [-0.15, -0.1) is 0 Å². The van der Waals surface area contributed by atoms with Crippen LogP contribution in [0, 0.1) is 11.3 Å². The van der Waals surface area contributed by atoms with Crippen LogP contribution >= 0.6 is 34.8 Å². The second-order valence-electron chi connectivity index (χ2n) is 4.50. The minimum Gasteiger partial charge on any atom is -0.386 e. The number of carbonyl (C=O) groups excluding carboxylic acids is 1. The van der Waals surface area contributed by atoms with Gasteiger partial charge in [-0.25, -0.2) is 0 Å². The maximum absolute atomic E-state index is 11.8. The van der Waals surface area contributed by atoms with E-state index in [0.29, 0.717) is 31.9 Å². The van der Waals surface area contributed by atoms with Gasteiger partial charge in [-0.2, -0.15) is 5.26 Å². The number of anilines is 1. The van der Waals surface area contributed by atoms with Gasteiger partial charge in [-0.1, -0.05) is 52.1 Å². The zero-order valence-electron chi connectivity index (χ0n) is 12.1. The fourth-order valence-electron chi connectivity index (χ4n) is 1.71. The molecule has 0 aromatic heterocycles. The summed E-state index contributed by atoms with van der Waals surface area (Å²) in [5.41, 5.74) is 1.16. The highest BCUT2D eigenvalue weighted by Gasteiger charge is 2.08. The number of amides is 1. The van der Waals surface area contributed by atoms with Crippen molar-refractivity contribution in [1.82, 2.24) is 0 Å². The van der Waals surface area contributed by atoms with E-state index >= 15 is 0 Å². The molecule has 2 rings (SSSR count). The molecular formula is C16H10Cl3N3O2. The zero-order chi connectivity index (χ0) is 17.5. The second kappa shape index (κ2) is 8.55. The molecule has 0 heterocycles. The summed E-state index contributed by atoms with van der Waals surface area (Å²) in [6, 6.07) is 11.6. The Morgan fingerprint density at radius 3 is 2.83 bits per heavy atom. The van der Waals surface area contributed by atoms with Crippen molar-refractivity contribution in [3.63, 3.8) is 0 Å². The van der Waals surface area contributed by atoms with Gasteiger partial charge in [-0.3, -0.25) is 4.79 Å². The number of carbonyl (C=O) groups is 1. The van der Waals surface area contributed by atoms with E-state index in [2.05, 4.69) is 10.5 Å². The summed E-state index contributed by atoms with van der Waals surface area (Å²) in [5, 5.41) is 16.3. The summed E-state index contributed by atoms with van der Waals surface area (Å²) in [6.45, 7) is -0.341. The molecule has 0 bridgehead atoms. The van der Waals surface area contributed by atoms with Gasteiger partial charge in [0.2, 0.25) is 0 Å². The molecule has 1 amide bonds. The Balaban J connectivity index is 1.92. The average Bonchev–Trinajstić information content (AvgIpc) is 2.55. The molecule has 0 spiro atoms. The summed E-state index contributed by atoms with van der Waals surface area (Å²) in [6.07, 6.45) is 1.35. The van der Waals surface area contributed by atoms with E-state index < -0.39 is 5.91 Å². The molecule has 0 saturated heterocycles. The van der Waals surface area contributed by atoms with Crippen LogP contribution in [0.3, 0.4) is 0 Å². The summed E-state index contributed by atoms with van der Waals surface area (Å²) in [7, 11) is 0. The number of hydrogen-bond acceptors (Lipinski definition) is 4. The van der Waals surface area contributed by atoms with Crippen LogP contribution in [0.4, 0.5) is 5.69 Å². The first-order valence-electron chi connectivity index (χ1n) is 6.60. The number of rotatable bonds is 5. The van der Waals surface area contributed by atoms with Gasteiger partial charge >= 0.3 is 0 Å². The maximum Gasteiger partial charge on any atom is 0.265 e. The Kier molecular flexibility index (Phi) is 6.44. The fourth-order valence-corrected chi connectivity index (χ4v) is 2.24. The largest absolute Gasteiger partial charge is 0.386 e. The predicted molar refractivity (Wildman–Crippen MR) is 94.8 cm³/mol. The lowest BCUT2D eigenvalue weighted by atomic mass is 10.2. The molecule has 0 aliphatic heterocycles. The van der Waals surface area contributed by atoms with E-state index in [-0.39, 0.29) is 6.61 Å². The Morgan fingerprint density at radius 2 is 2.08 bits per heavy atom. The van der Waals surface area contributed by atoms with Crippen molar-refractivity contribution in [2.75, 3.05) is 11.9 Å². The molecule has 0 aliphatic rings. The summed E-state index contributed by atoms with van der Waals surface area (Å²) in [4.78, 5) is 16.7. The molecule has 122 valence electrons. The second-order valence-corrected chi connectivity index (χ2v) is 5.72. The van der Waals surface area contributed by atoms with E-state index in [1.165, 1.54) is 18.3 Å². The molecule has 0 aliphatic carbocycles. The van der Waals surface area contributed by atoms with Gasteiger partial charge in [0.15, 0.2) is 6.61 Å². The lowest BCUT2D eigenvalue weighted by molar-refractivity contribution is -0.120. The van der Waals surface area contributed by atoms with Gasteiger partial charge in [0, 0.05) is 10.6 Å². The number of oxime groups is 1. The minimum absolute atomic E-state index is 0.293. The van der Waals surface area contributed by atoms with E-state index in [1.54, 1.807) is 24.3 Å². The highest BCUT2D eigenvalue weighted by atomic mass is 35.5. The molecule has 0 fully saturated rings. The van der Waals surface area contributed by atoms with Crippen LogP contribution in [0.2, 0.25) is 15.1 Å². The van der Waals surface area contributed by atoms with Crippen LogP contribution in [0.25, 0.3) is 0 Å². The molecule has 0 unspecified atom stereocenters. The third-order valence-electron chi connectivity index (χ3n) is 2.82. The highest BCUT2D eigenvalue weighted by molar-refractivity contribution is 6.43. The van der Waals surface area contributed by atoms with Gasteiger partial charge in [0.1, 0.15) is 6.07 Å². The molecule has 5 nitrogen and oxygen atoms in total. The van der Waals surface area contributed by atoms with E-state index in [0.717, 1.165) is 0 Å². The third-order valence-corrected chi connectivity index (χ3v) is 3.89. The van der Waals surface area contributed by atoms with Crippen molar-refractivity contribution in [1.29, 1.82) is 5.26 Å². The van der Waals surface area contributed by atoms with Gasteiger partial charge < -0.3 is 10.2 Å². The predicted octanol–water partition coefficient (Wildman–Crippen LogP) is 4.51. The monoisotopic (exact) mass is 381 g/mol. The van der Waals surface area contributed by atoms with Crippen LogP contribution in [0.1, 0.15) is 11.1 Å². The fraction of sp³-hybridized carbons (Fsp3) is 0.0625. The Hall–Kier alpha value is -2.26. The molecule has 8 heteroatoms. The van der Waals surface area contributed by atoms with Crippen LogP contribution in [-0.2, 0) is 9.63 Å². The summed E-state index contributed by atoms with van der Waals surface area (Å²) in [5.74, 6) is -0.483. The smallest absolute Gasteiger partial charge is 0.265 e. The number of hydrogen-bond donors (Lipinski definition) is 1. The Morgan fingerprint density at radius 1 is 1.29 bits per heavy atom. The SMILES string of the molecule is N#Cc1ccc(Cl)cc1NC(=O)CON=Cc1cccc(Cl)c1Cl. The van der Waals surface area contributed by atoms with Crippen LogP contribution in [0.15, 0.2) is 41.6 Å². The van der Waals surface area contributed by atoms with Crippen molar-refractivity contribution in [2.24, 2.45) is 5.16 Å². The van der Waals surface area contributed by atoms with E-state index in [9.17, 15) is 4.79 Å². The maximum atomic E-state index is 11.8. The molecule has 24 heavy (non-hydrogen) atoms. The molecule has 0 saturated carbocycles. The van der Waals surface area contributed by atoms with Crippen molar-refractivity contribution in [3.05, 3.63) is 62.6 Å². The third kappa shape index (κ3) is 4.87. The van der Waals surface area contributed by atoms with Gasteiger partial charge in [0.25, 0.3) is 5.91 Å². The zero-order valence-corrected chi connectivity index (χ0v) is 14.4. The minimum atomic E-state index is -0.483. The lowest BCUT2D eigenvalue weighted by Crippen LogP contribution is -2.17. The topological polar surface area (TPSA) is 74.5 Å². The van der Waals surface area contributed by atoms with Crippen molar-refractivity contribution in [3.8, 4) is 6.07 Å². The van der Waals surface area contributed by atoms with Gasteiger partial charge in [-0.05, 0) is 24.3 Å². The molecule has 2 aromatic carbocycles. The van der Waals surface area contributed by atoms with Crippen LogP contribution < -0.4 is 5.32 Å². The van der Waals surface area contributed by atoms with Crippen molar-refractivity contribution in [2.45, 2.75) is 0 Å².